The third-order valence-corrected chi connectivity index (χ3v) is 2.22. The van der Waals surface area contributed by atoms with E-state index in [0.29, 0.717) is 0 Å². The molecule has 6 heteroatoms. The predicted octanol–water partition coefficient (Wildman–Crippen LogP) is 2.80. The molecule has 2 rings (SSSR count). The number of carbonyl (C=O) groups is 1. The molecule has 18 heavy (non-hydrogen) atoms. The molecule has 0 unspecified atom stereocenters. The summed E-state index contributed by atoms with van der Waals surface area (Å²) >= 11 is 0. The van der Waals surface area contributed by atoms with E-state index in [4.69, 9.17) is 5.11 Å². The molecular formula is C12H8F2N2O2. The van der Waals surface area contributed by atoms with E-state index in [1.807, 2.05) is 0 Å². The minimum Gasteiger partial charge on any atom is -0.478 e. The number of rotatable bonds is 3. The fourth-order valence-electron chi connectivity index (χ4n) is 1.40. The second-order valence-corrected chi connectivity index (χ2v) is 3.45. The van der Waals surface area contributed by atoms with Crippen molar-refractivity contribution in [2.75, 3.05) is 5.32 Å². The average Bonchev–Trinajstić information content (AvgIpc) is 2.34. The van der Waals surface area contributed by atoms with Gasteiger partial charge in [0.25, 0.3) is 0 Å². The van der Waals surface area contributed by atoms with E-state index in [1.165, 1.54) is 18.3 Å². The number of carboxylic acids is 1. The maximum atomic E-state index is 13.4. The predicted molar refractivity (Wildman–Crippen MR) is 60.8 cm³/mol. The lowest BCUT2D eigenvalue weighted by atomic mass is 10.2. The van der Waals surface area contributed by atoms with Crippen molar-refractivity contribution in [2.45, 2.75) is 0 Å². The molecule has 1 aromatic heterocycles. The van der Waals surface area contributed by atoms with E-state index in [1.54, 1.807) is 0 Å². The van der Waals surface area contributed by atoms with E-state index < -0.39 is 17.6 Å². The highest BCUT2D eigenvalue weighted by atomic mass is 19.1. The highest BCUT2D eigenvalue weighted by Gasteiger charge is 2.12. The number of hydrogen-bond donors (Lipinski definition) is 2. The lowest BCUT2D eigenvalue weighted by Crippen LogP contribution is -2.05. The number of pyridine rings is 1. The van der Waals surface area contributed by atoms with Gasteiger partial charge < -0.3 is 10.4 Å². The maximum absolute atomic E-state index is 13.4. The maximum Gasteiger partial charge on any atom is 0.339 e. The van der Waals surface area contributed by atoms with Gasteiger partial charge in [0.05, 0.1) is 5.69 Å². The summed E-state index contributed by atoms with van der Waals surface area (Å²) in [6.45, 7) is 0. The van der Waals surface area contributed by atoms with Crippen LogP contribution in [0.1, 0.15) is 10.4 Å². The van der Waals surface area contributed by atoms with Crippen molar-refractivity contribution < 1.29 is 18.7 Å². The van der Waals surface area contributed by atoms with E-state index in [-0.39, 0.29) is 17.1 Å². The van der Waals surface area contributed by atoms with Crippen LogP contribution in [0, 0.1) is 11.6 Å². The highest BCUT2D eigenvalue weighted by Crippen LogP contribution is 2.21. The largest absolute Gasteiger partial charge is 0.478 e. The number of aromatic carboxylic acids is 1. The number of hydrogen-bond acceptors (Lipinski definition) is 3. The summed E-state index contributed by atoms with van der Waals surface area (Å²) < 4.78 is 26.3. The Bertz CT molecular complexity index is 602. The standard InChI is InChI=1S/C12H8F2N2O2/c13-7-3-4-9(14)10(6-7)16-11-8(12(17)18)2-1-5-15-11/h1-6H,(H,15,16)(H,17,18). The highest BCUT2D eigenvalue weighted by molar-refractivity contribution is 5.93. The number of benzene rings is 1. The number of carboxylic acid groups (broad SMARTS) is 1. The molecule has 0 bridgehead atoms. The summed E-state index contributed by atoms with van der Waals surface area (Å²) in [6.07, 6.45) is 1.35. The number of anilines is 2. The summed E-state index contributed by atoms with van der Waals surface area (Å²) in [4.78, 5) is 14.7. The van der Waals surface area contributed by atoms with Crippen LogP contribution in [0.3, 0.4) is 0 Å². The van der Waals surface area contributed by atoms with Crippen LogP contribution in [0.15, 0.2) is 36.5 Å². The summed E-state index contributed by atoms with van der Waals surface area (Å²) in [5, 5.41) is 11.4. The van der Waals surface area contributed by atoms with Crippen LogP contribution < -0.4 is 5.32 Å². The molecular weight excluding hydrogens is 242 g/mol. The Labute approximate surface area is 101 Å². The number of nitrogens with one attached hydrogen (secondary N) is 1. The van der Waals surface area contributed by atoms with Gasteiger partial charge in [0.15, 0.2) is 0 Å². The topological polar surface area (TPSA) is 62.2 Å². The zero-order valence-corrected chi connectivity index (χ0v) is 9.02. The first-order chi connectivity index (χ1) is 8.58. The van der Waals surface area contributed by atoms with Crippen LogP contribution in [0.4, 0.5) is 20.3 Å². The smallest absolute Gasteiger partial charge is 0.339 e. The Morgan fingerprint density at radius 1 is 1.28 bits per heavy atom. The van der Waals surface area contributed by atoms with E-state index in [2.05, 4.69) is 10.3 Å². The van der Waals surface area contributed by atoms with Crippen molar-refractivity contribution in [2.24, 2.45) is 0 Å². The van der Waals surface area contributed by atoms with Gasteiger partial charge >= 0.3 is 5.97 Å². The van der Waals surface area contributed by atoms with Crippen LogP contribution in [0.25, 0.3) is 0 Å². The van der Waals surface area contributed by atoms with Crippen LogP contribution in [0.5, 0.6) is 0 Å². The summed E-state index contributed by atoms with van der Waals surface area (Å²) in [5.41, 5.74) is -0.294. The fraction of sp³-hybridized carbons (Fsp3) is 0. The summed E-state index contributed by atoms with van der Waals surface area (Å²) in [6, 6.07) is 5.60. The van der Waals surface area contributed by atoms with Gasteiger partial charge in [-0.15, -0.1) is 0 Å². The van der Waals surface area contributed by atoms with Gasteiger partial charge in [-0.3, -0.25) is 0 Å². The van der Waals surface area contributed by atoms with Crippen LogP contribution >= 0.6 is 0 Å². The van der Waals surface area contributed by atoms with Gasteiger partial charge in [0.2, 0.25) is 0 Å². The zero-order valence-electron chi connectivity index (χ0n) is 9.02. The molecule has 2 aromatic rings. The molecule has 0 amide bonds. The lowest BCUT2D eigenvalue weighted by Gasteiger charge is -2.09. The van der Waals surface area contributed by atoms with Crippen molar-refractivity contribution in [3.05, 3.63) is 53.7 Å². The second-order valence-electron chi connectivity index (χ2n) is 3.45. The lowest BCUT2D eigenvalue weighted by molar-refractivity contribution is 0.0697. The molecule has 1 aromatic carbocycles. The normalized spacial score (nSPS) is 10.1. The van der Waals surface area contributed by atoms with Gasteiger partial charge in [-0.1, -0.05) is 0 Å². The van der Waals surface area contributed by atoms with Gasteiger partial charge in [-0.05, 0) is 24.3 Å². The third kappa shape index (κ3) is 2.42. The van der Waals surface area contributed by atoms with Crippen molar-refractivity contribution in [3.63, 3.8) is 0 Å². The van der Waals surface area contributed by atoms with E-state index in [0.717, 1.165) is 18.2 Å². The molecule has 0 saturated heterocycles. The Hall–Kier alpha value is -2.50. The molecule has 0 fully saturated rings. The molecule has 0 radical (unpaired) electrons. The van der Waals surface area contributed by atoms with Crippen LogP contribution in [-0.2, 0) is 0 Å². The van der Waals surface area contributed by atoms with Crippen LogP contribution in [-0.4, -0.2) is 16.1 Å². The molecule has 1 heterocycles. The first-order valence-corrected chi connectivity index (χ1v) is 4.98. The molecule has 0 atom stereocenters. The molecule has 0 spiro atoms. The first-order valence-electron chi connectivity index (χ1n) is 4.98. The molecule has 4 nitrogen and oxygen atoms in total. The molecule has 0 aliphatic carbocycles. The second kappa shape index (κ2) is 4.79. The number of nitrogens with zero attached hydrogens (tertiary/aromatic N) is 1. The van der Waals surface area contributed by atoms with Crippen molar-refractivity contribution in [1.82, 2.24) is 4.98 Å². The van der Waals surface area contributed by atoms with Crippen molar-refractivity contribution >= 4 is 17.5 Å². The Kier molecular flexibility index (Phi) is 3.18. The fourth-order valence-corrected chi connectivity index (χ4v) is 1.40. The van der Waals surface area contributed by atoms with Crippen molar-refractivity contribution in [1.29, 1.82) is 0 Å². The monoisotopic (exact) mass is 250 g/mol. The third-order valence-electron chi connectivity index (χ3n) is 2.22. The Morgan fingerprint density at radius 3 is 2.78 bits per heavy atom. The average molecular weight is 250 g/mol. The SMILES string of the molecule is O=C(O)c1cccnc1Nc1cc(F)ccc1F. The summed E-state index contributed by atoms with van der Waals surface area (Å²) in [7, 11) is 0. The molecule has 0 saturated carbocycles. The minimum atomic E-state index is -1.21. The van der Waals surface area contributed by atoms with E-state index in [9.17, 15) is 13.6 Å². The Balaban J connectivity index is 2.40. The molecule has 0 aliphatic heterocycles. The number of halogens is 2. The minimum absolute atomic E-state index is 0.0468. The molecule has 2 N–H and O–H groups in total. The first kappa shape index (κ1) is 12.0. The number of aromatic nitrogens is 1. The van der Waals surface area contributed by atoms with Gasteiger partial charge in [-0.2, -0.15) is 0 Å². The van der Waals surface area contributed by atoms with Crippen LogP contribution in [0.2, 0.25) is 0 Å². The quantitative estimate of drug-likeness (QED) is 0.879. The zero-order chi connectivity index (χ0) is 13.1. The van der Waals surface area contributed by atoms with Gasteiger partial charge in [0.1, 0.15) is 23.0 Å². The Morgan fingerprint density at radius 2 is 2.06 bits per heavy atom. The van der Waals surface area contributed by atoms with Crippen molar-refractivity contribution in [3.8, 4) is 0 Å². The van der Waals surface area contributed by atoms with Gasteiger partial charge in [-0.25, -0.2) is 18.6 Å². The summed E-state index contributed by atoms with van der Waals surface area (Å²) in [5.74, 6) is -2.58. The molecule has 92 valence electrons. The molecule has 0 aliphatic rings. The van der Waals surface area contributed by atoms with Gasteiger partial charge in [0, 0.05) is 12.3 Å². The van der Waals surface area contributed by atoms with E-state index >= 15 is 0 Å².